The number of thioether (sulfide) groups is 1. The van der Waals surface area contributed by atoms with E-state index in [1.54, 1.807) is 4.90 Å². The van der Waals surface area contributed by atoms with Gasteiger partial charge >= 0.3 is 0 Å². The summed E-state index contributed by atoms with van der Waals surface area (Å²) in [7, 11) is 0. The molecule has 0 unspecified atom stereocenters. The second kappa shape index (κ2) is 10.4. The van der Waals surface area contributed by atoms with Gasteiger partial charge in [0.2, 0.25) is 16.9 Å². The summed E-state index contributed by atoms with van der Waals surface area (Å²) in [5.41, 5.74) is 4.73. The highest BCUT2D eigenvalue weighted by molar-refractivity contribution is 8.14. The molecule has 0 saturated carbocycles. The molecular formula is C24H28N2O3S. The van der Waals surface area contributed by atoms with E-state index >= 15 is 0 Å². The summed E-state index contributed by atoms with van der Waals surface area (Å²) in [5, 5.41) is 2.50. The van der Waals surface area contributed by atoms with Gasteiger partial charge < -0.3 is 10.2 Å². The highest BCUT2D eigenvalue weighted by Crippen LogP contribution is 2.19. The van der Waals surface area contributed by atoms with Crippen molar-refractivity contribution in [1.29, 1.82) is 0 Å². The van der Waals surface area contributed by atoms with E-state index in [-0.39, 0.29) is 35.1 Å². The molecule has 0 radical (unpaired) electrons. The van der Waals surface area contributed by atoms with Gasteiger partial charge in [0.25, 0.3) is 0 Å². The number of fused-ring (bicyclic) bond motifs is 1. The van der Waals surface area contributed by atoms with Crippen LogP contribution in [0.2, 0.25) is 0 Å². The Morgan fingerprint density at radius 3 is 2.50 bits per heavy atom. The molecule has 0 saturated heterocycles. The number of aryl methyl sites for hydroxylation is 1. The summed E-state index contributed by atoms with van der Waals surface area (Å²) >= 11 is 0.974. The molecule has 1 atom stereocenters. The lowest BCUT2D eigenvalue weighted by Crippen LogP contribution is -2.38. The fourth-order valence-electron chi connectivity index (χ4n) is 3.50. The molecule has 0 aliphatic carbocycles. The number of nitrogens with zero attached hydrogens (tertiary/aromatic N) is 1. The maximum Gasteiger partial charge on any atom is 0.233 e. The maximum atomic E-state index is 12.5. The van der Waals surface area contributed by atoms with Gasteiger partial charge in [-0.3, -0.25) is 14.4 Å². The van der Waals surface area contributed by atoms with Crippen LogP contribution in [0.25, 0.3) is 0 Å². The van der Waals surface area contributed by atoms with Gasteiger partial charge in [0.1, 0.15) is 0 Å². The first-order valence-corrected chi connectivity index (χ1v) is 11.2. The quantitative estimate of drug-likeness (QED) is 0.742. The Hall–Kier alpha value is -2.60. The van der Waals surface area contributed by atoms with Crippen molar-refractivity contribution in [2.75, 3.05) is 18.8 Å². The van der Waals surface area contributed by atoms with Crippen molar-refractivity contribution in [2.24, 2.45) is 5.92 Å². The Morgan fingerprint density at radius 2 is 1.77 bits per heavy atom. The van der Waals surface area contributed by atoms with Crippen molar-refractivity contribution in [3.05, 3.63) is 70.8 Å². The van der Waals surface area contributed by atoms with Crippen molar-refractivity contribution in [2.45, 2.75) is 33.2 Å². The van der Waals surface area contributed by atoms with E-state index in [1.807, 2.05) is 56.3 Å². The zero-order chi connectivity index (χ0) is 21.5. The highest BCUT2D eigenvalue weighted by atomic mass is 32.2. The number of carbonyl (C=O) groups excluding carboxylic acids is 3. The molecule has 30 heavy (non-hydrogen) atoms. The first-order chi connectivity index (χ1) is 14.4. The first-order valence-electron chi connectivity index (χ1n) is 10.3. The average molecular weight is 425 g/mol. The van der Waals surface area contributed by atoms with Crippen molar-refractivity contribution >= 4 is 28.7 Å². The summed E-state index contributed by atoms with van der Waals surface area (Å²) in [5.74, 6) is -0.304. The molecule has 0 fully saturated rings. The molecule has 2 amide bonds. The van der Waals surface area contributed by atoms with Crippen molar-refractivity contribution in [3.8, 4) is 0 Å². The molecule has 0 bridgehead atoms. The summed E-state index contributed by atoms with van der Waals surface area (Å²) in [6, 6.07) is 16.2. The van der Waals surface area contributed by atoms with E-state index in [9.17, 15) is 14.4 Å². The van der Waals surface area contributed by atoms with Crippen LogP contribution in [-0.2, 0) is 33.8 Å². The normalized spacial score (nSPS) is 14.0. The molecule has 1 aliphatic heterocycles. The number of rotatable bonds is 7. The maximum absolute atomic E-state index is 12.5. The Bertz CT molecular complexity index is 911. The Labute approximate surface area is 182 Å². The second-order valence-corrected chi connectivity index (χ2v) is 8.84. The number of nitrogens with one attached hydrogen (secondary N) is 1. The van der Waals surface area contributed by atoms with Crippen LogP contribution in [0.1, 0.15) is 29.2 Å². The number of hydrogen-bond acceptors (Lipinski definition) is 4. The number of benzene rings is 2. The Kier molecular flexibility index (Phi) is 7.69. The standard InChI is InChI=1S/C24H28N2O3S/c1-17-7-9-19(10-8-17)13-18(2)24(29)25-14-23(28)30-16-22(27)26-12-11-20-5-3-4-6-21(20)15-26/h3-10,18H,11-16H2,1-2H3,(H,25,29)/t18-/m0/s1. The van der Waals surface area contributed by atoms with Crippen LogP contribution in [-0.4, -0.2) is 40.7 Å². The van der Waals surface area contributed by atoms with Gasteiger partial charge in [-0.15, -0.1) is 0 Å². The van der Waals surface area contributed by atoms with Gasteiger partial charge in [-0.2, -0.15) is 0 Å². The molecule has 3 rings (SSSR count). The minimum atomic E-state index is -0.222. The third-order valence-electron chi connectivity index (χ3n) is 5.36. The molecule has 2 aromatic rings. The third kappa shape index (κ3) is 6.20. The highest BCUT2D eigenvalue weighted by Gasteiger charge is 2.21. The monoisotopic (exact) mass is 424 g/mol. The zero-order valence-electron chi connectivity index (χ0n) is 17.5. The van der Waals surface area contributed by atoms with Crippen LogP contribution in [0.5, 0.6) is 0 Å². The van der Waals surface area contributed by atoms with Gasteiger partial charge in [-0.25, -0.2) is 0 Å². The molecule has 0 aromatic heterocycles. The fraction of sp³-hybridized carbons (Fsp3) is 0.375. The number of amides is 2. The van der Waals surface area contributed by atoms with Crippen molar-refractivity contribution in [1.82, 2.24) is 10.2 Å². The molecular weight excluding hydrogens is 396 g/mol. The molecule has 6 heteroatoms. The van der Waals surface area contributed by atoms with Crippen LogP contribution < -0.4 is 5.32 Å². The van der Waals surface area contributed by atoms with Gasteiger partial charge in [-0.05, 0) is 36.5 Å². The van der Waals surface area contributed by atoms with Crippen LogP contribution in [0.4, 0.5) is 0 Å². The van der Waals surface area contributed by atoms with E-state index < -0.39 is 0 Å². The minimum absolute atomic E-state index is 0.0399. The molecule has 0 spiro atoms. The van der Waals surface area contributed by atoms with Crippen LogP contribution in [0.15, 0.2) is 48.5 Å². The number of carbonyl (C=O) groups is 3. The van der Waals surface area contributed by atoms with Gasteiger partial charge in [0, 0.05) is 19.0 Å². The average Bonchev–Trinajstić information content (AvgIpc) is 2.76. The van der Waals surface area contributed by atoms with Crippen LogP contribution >= 0.6 is 11.8 Å². The molecule has 158 valence electrons. The van der Waals surface area contributed by atoms with E-state index in [4.69, 9.17) is 0 Å². The fourth-order valence-corrected chi connectivity index (χ4v) is 4.14. The smallest absolute Gasteiger partial charge is 0.233 e. The topological polar surface area (TPSA) is 66.5 Å². The van der Waals surface area contributed by atoms with Crippen molar-refractivity contribution in [3.63, 3.8) is 0 Å². The van der Waals surface area contributed by atoms with E-state index in [1.165, 1.54) is 16.7 Å². The Morgan fingerprint density at radius 1 is 1.07 bits per heavy atom. The summed E-state index contributed by atoms with van der Waals surface area (Å²) in [6.07, 6.45) is 1.47. The Balaban J connectivity index is 1.37. The number of hydrogen-bond donors (Lipinski definition) is 1. The third-order valence-corrected chi connectivity index (χ3v) is 6.21. The lowest BCUT2D eigenvalue weighted by molar-refractivity contribution is -0.129. The minimum Gasteiger partial charge on any atom is -0.348 e. The molecule has 1 N–H and O–H groups in total. The van der Waals surface area contributed by atoms with Gasteiger partial charge in [0.15, 0.2) is 0 Å². The van der Waals surface area contributed by atoms with E-state index in [2.05, 4.69) is 11.4 Å². The molecule has 2 aromatic carbocycles. The predicted molar refractivity (Wildman–Crippen MR) is 120 cm³/mol. The summed E-state index contributed by atoms with van der Waals surface area (Å²) < 4.78 is 0. The van der Waals surface area contributed by atoms with Crippen LogP contribution in [0, 0.1) is 12.8 Å². The van der Waals surface area contributed by atoms with Gasteiger partial charge in [0.05, 0.1) is 12.3 Å². The lowest BCUT2D eigenvalue weighted by atomic mass is 9.99. The van der Waals surface area contributed by atoms with E-state index in [0.717, 1.165) is 23.7 Å². The van der Waals surface area contributed by atoms with Crippen LogP contribution in [0.3, 0.4) is 0 Å². The van der Waals surface area contributed by atoms with Crippen molar-refractivity contribution < 1.29 is 14.4 Å². The molecule has 1 heterocycles. The zero-order valence-corrected chi connectivity index (χ0v) is 18.3. The lowest BCUT2D eigenvalue weighted by Gasteiger charge is -2.28. The molecule has 1 aliphatic rings. The largest absolute Gasteiger partial charge is 0.348 e. The summed E-state index contributed by atoms with van der Waals surface area (Å²) in [4.78, 5) is 38.7. The first kappa shape index (κ1) is 22.1. The second-order valence-electron chi connectivity index (χ2n) is 7.80. The SMILES string of the molecule is Cc1ccc(C[C@H](C)C(=O)NCC(=O)SCC(=O)N2CCc3ccccc3C2)cc1. The summed E-state index contributed by atoms with van der Waals surface area (Å²) in [6.45, 7) is 5.09. The predicted octanol–water partition coefficient (Wildman–Crippen LogP) is 3.13. The molecule has 5 nitrogen and oxygen atoms in total. The van der Waals surface area contributed by atoms with E-state index in [0.29, 0.717) is 19.5 Å². The van der Waals surface area contributed by atoms with Gasteiger partial charge in [-0.1, -0.05) is 72.8 Å².